The van der Waals surface area contributed by atoms with Crippen molar-refractivity contribution in [2.24, 2.45) is 5.84 Å². The van der Waals surface area contributed by atoms with Gasteiger partial charge in [0.25, 0.3) is 0 Å². The van der Waals surface area contributed by atoms with Crippen LogP contribution in [0.2, 0.25) is 0 Å². The first-order chi connectivity index (χ1) is 7.10. The van der Waals surface area contributed by atoms with Crippen LogP contribution < -0.4 is 11.3 Å². The van der Waals surface area contributed by atoms with E-state index in [0.29, 0.717) is 10.9 Å². The Balaban J connectivity index is 3.11. The van der Waals surface area contributed by atoms with Gasteiger partial charge in [0, 0.05) is 10.0 Å². The maximum Gasteiger partial charge on any atom is 0.132 e. The predicted octanol–water partition coefficient (Wildman–Crippen LogP) is 3.03. The Morgan fingerprint density at radius 3 is 2.33 bits per heavy atom. The van der Waals surface area contributed by atoms with Crippen molar-refractivity contribution in [3.63, 3.8) is 0 Å². The summed E-state index contributed by atoms with van der Waals surface area (Å²) in [5.41, 5.74) is 2.43. The van der Waals surface area contributed by atoms with Gasteiger partial charge in [-0.1, -0.05) is 29.3 Å². The summed E-state index contributed by atoms with van der Waals surface area (Å²) >= 11 is 3.03. The molecule has 0 heterocycles. The van der Waals surface area contributed by atoms with Gasteiger partial charge in [0.15, 0.2) is 0 Å². The minimum atomic E-state index is -0.585. The highest BCUT2D eigenvalue weighted by atomic mass is 79.9. The van der Waals surface area contributed by atoms with E-state index in [1.807, 2.05) is 6.92 Å². The summed E-state index contributed by atoms with van der Waals surface area (Å²) in [5.74, 6) is 4.10. The highest BCUT2D eigenvalue weighted by molar-refractivity contribution is 9.10. The summed E-state index contributed by atoms with van der Waals surface area (Å²) in [5, 5.41) is 0. The lowest BCUT2D eigenvalue weighted by atomic mass is 10.0. The smallest absolute Gasteiger partial charge is 0.132 e. The largest absolute Gasteiger partial charge is 0.271 e. The normalized spacial score (nSPS) is 12.9. The second-order valence-corrected chi connectivity index (χ2v) is 4.21. The Morgan fingerprint density at radius 1 is 1.40 bits per heavy atom. The van der Waals surface area contributed by atoms with Crippen molar-refractivity contribution in [1.82, 2.24) is 5.43 Å². The fraction of sp³-hybridized carbons (Fsp3) is 0.400. The molecular weight excluding hydrogens is 266 g/mol. The molecule has 0 spiro atoms. The van der Waals surface area contributed by atoms with E-state index in [4.69, 9.17) is 5.84 Å². The van der Waals surface area contributed by atoms with Crippen molar-refractivity contribution in [2.75, 3.05) is 0 Å². The van der Waals surface area contributed by atoms with E-state index in [2.05, 4.69) is 21.4 Å². The minimum Gasteiger partial charge on any atom is -0.271 e. The minimum absolute atomic E-state index is 0.00236. The fourth-order valence-corrected chi connectivity index (χ4v) is 1.89. The topological polar surface area (TPSA) is 38.0 Å². The number of benzene rings is 1. The molecule has 84 valence electrons. The molecule has 0 radical (unpaired) electrons. The van der Waals surface area contributed by atoms with Crippen molar-refractivity contribution < 1.29 is 8.78 Å². The molecule has 0 aliphatic rings. The zero-order valence-electron chi connectivity index (χ0n) is 8.36. The molecule has 0 aromatic heterocycles. The van der Waals surface area contributed by atoms with Crippen LogP contribution in [0.15, 0.2) is 16.6 Å². The lowest BCUT2D eigenvalue weighted by molar-refractivity contribution is 0.450. The van der Waals surface area contributed by atoms with Gasteiger partial charge in [-0.25, -0.2) is 8.78 Å². The molecule has 15 heavy (non-hydrogen) atoms. The van der Waals surface area contributed by atoms with Gasteiger partial charge >= 0.3 is 0 Å². The molecule has 2 nitrogen and oxygen atoms in total. The molecule has 0 aliphatic heterocycles. The van der Waals surface area contributed by atoms with Crippen LogP contribution in [0.25, 0.3) is 0 Å². The van der Waals surface area contributed by atoms with Crippen molar-refractivity contribution in [3.05, 3.63) is 33.8 Å². The van der Waals surface area contributed by atoms with Gasteiger partial charge in [0.2, 0.25) is 0 Å². The zero-order chi connectivity index (χ0) is 11.4. The van der Waals surface area contributed by atoms with Crippen LogP contribution in [0.5, 0.6) is 0 Å². The highest BCUT2D eigenvalue weighted by Gasteiger charge is 2.18. The third-order valence-electron chi connectivity index (χ3n) is 2.17. The molecule has 1 aromatic carbocycles. The fourth-order valence-electron chi connectivity index (χ4n) is 1.49. The summed E-state index contributed by atoms with van der Waals surface area (Å²) in [7, 11) is 0. The van der Waals surface area contributed by atoms with Gasteiger partial charge in [-0.2, -0.15) is 0 Å². The first-order valence-electron chi connectivity index (χ1n) is 4.70. The first-order valence-corrected chi connectivity index (χ1v) is 5.50. The molecule has 1 rings (SSSR count). The molecule has 0 amide bonds. The van der Waals surface area contributed by atoms with E-state index in [9.17, 15) is 8.78 Å². The molecule has 0 saturated carbocycles. The maximum absolute atomic E-state index is 13.5. The van der Waals surface area contributed by atoms with Crippen molar-refractivity contribution in [3.8, 4) is 0 Å². The number of halogens is 3. The van der Waals surface area contributed by atoms with Crippen molar-refractivity contribution in [1.29, 1.82) is 0 Å². The Hall–Kier alpha value is -0.520. The van der Waals surface area contributed by atoms with Crippen LogP contribution in [0.4, 0.5) is 8.78 Å². The average Bonchev–Trinajstić information content (AvgIpc) is 2.14. The Labute approximate surface area is 95.9 Å². The molecule has 0 fully saturated rings. The van der Waals surface area contributed by atoms with Gasteiger partial charge < -0.3 is 0 Å². The van der Waals surface area contributed by atoms with Crippen LogP contribution in [-0.2, 0) is 0 Å². The van der Waals surface area contributed by atoms with E-state index in [1.165, 1.54) is 12.1 Å². The zero-order valence-corrected chi connectivity index (χ0v) is 9.94. The molecule has 1 aromatic rings. The van der Waals surface area contributed by atoms with Crippen LogP contribution in [0.3, 0.4) is 0 Å². The number of rotatable bonds is 4. The number of hydrogen-bond acceptors (Lipinski definition) is 2. The molecule has 1 unspecified atom stereocenters. The average molecular weight is 279 g/mol. The number of nitrogens with one attached hydrogen (secondary N) is 1. The van der Waals surface area contributed by atoms with E-state index in [1.54, 1.807) is 0 Å². The van der Waals surface area contributed by atoms with Crippen LogP contribution in [-0.4, -0.2) is 0 Å². The van der Waals surface area contributed by atoms with Crippen molar-refractivity contribution in [2.45, 2.75) is 25.8 Å². The summed E-state index contributed by atoms with van der Waals surface area (Å²) < 4.78 is 27.4. The van der Waals surface area contributed by atoms with Gasteiger partial charge in [-0.3, -0.25) is 11.3 Å². The first kappa shape index (κ1) is 12.5. The van der Waals surface area contributed by atoms with Crippen molar-refractivity contribution >= 4 is 15.9 Å². The quantitative estimate of drug-likeness (QED) is 0.656. The van der Waals surface area contributed by atoms with E-state index in [0.717, 1.165) is 6.42 Å². The standard InChI is InChI=1S/C10H13BrF2N2/c1-2-3-9(15-14)10-7(12)4-6(11)5-8(10)13/h4-5,9,15H,2-3,14H2,1H3. The second-order valence-electron chi connectivity index (χ2n) is 3.29. The predicted molar refractivity (Wildman–Crippen MR) is 59.0 cm³/mol. The lowest BCUT2D eigenvalue weighted by Gasteiger charge is -2.17. The number of hydrazine groups is 1. The van der Waals surface area contributed by atoms with Gasteiger partial charge in [-0.15, -0.1) is 0 Å². The summed E-state index contributed by atoms with van der Waals surface area (Å²) in [6, 6.07) is 1.99. The summed E-state index contributed by atoms with van der Waals surface area (Å²) in [6.07, 6.45) is 1.38. The van der Waals surface area contributed by atoms with E-state index < -0.39 is 17.7 Å². The van der Waals surface area contributed by atoms with Gasteiger partial charge in [-0.05, 0) is 18.6 Å². The van der Waals surface area contributed by atoms with Gasteiger partial charge in [0.05, 0.1) is 6.04 Å². The summed E-state index contributed by atoms with van der Waals surface area (Å²) in [6.45, 7) is 1.93. The Morgan fingerprint density at radius 2 is 1.93 bits per heavy atom. The highest BCUT2D eigenvalue weighted by Crippen LogP contribution is 2.26. The van der Waals surface area contributed by atoms with E-state index in [-0.39, 0.29) is 5.56 Å². The monoisotopic (exact) mass is 278 g/mol. The van der Waals surface area contributed by atoms with E-state index >= 15 is 0 Å². The molecule has 3 N–H and O–H groups in total. The third-order valence-corrected chi connectivity index (χ3v) is 2.63. The lowest BCUT2D eigenvalue weighted by Crippen LogP contribution is -2.29. The van der Waals surface area contributed by atoms with Crippen LogP contribution in [0.1, 0.15) is 31.4 Å². The SMILES string of the molecule is CCCC(NN)c1c(F)cc(Br)cc1F. The van der Waals surface area contributed by atoms with Crippen LogP contribution in [0, 0.1) is 11.6 Å². The molecule has 0 saturated heterocycles. The maximum atomic E-state index is 13.5. The molecular formula is C10H13BrF2N2. The Bertz CT molecular complexity index is 321. The Kier molecular flexibility index (Phi) is 4.63. The molecule has 1 atom stereocenters. The molecule has 5 heteroatoms. The summed E-state index contributed by atoms with van der Waals surface area (Å²) in [4.78, 5) is 0. The van der Waals surface area contributed by atoms with Crippen LogP contribution >= 0.6 is 15.9 Å². The number of hydrogen-bond donors (Lipinski definition) is 2. The number of nitrogens with two attached hydrogens (primary N) is 1. The van der Waals surface area contributed by atoms with Gasteiger partial charge in [0.1, 0.15) is 11.6 Å². The third kappa shape index (κ3) is 2.96. The second kappa shape index (κ2) is 5.53. The molecule has 0 bridgehead atoms. The molecule has 0 aliphatic carbocycles.